The summed E-state index contributed by atoms with van der Waals surface area (Å²) in [6.45, 7) is 4.24. The summed E-state index contributed by atoms with van der Waals surface area (Å²) in [4.78, 5) is 12.3. The van der Waals surface area contributed by atoms with E-state index in [1.165, 1.54) is 122 Å². The minimum absolute atomic E-state index is 0.0856. The summed E-state index contributed by atoms with van der Waals surface area (Å²) in [5.74, 6) is -0.0856. The number of aliphatic hydroxyl groups is 2. The lowest BCUT2D eigenvalue weighted by Crippen LogP contribution is -2.45. The van der Waals surface area contributed by atoms with Crippen molar-refractivity contribution in [2.24, 2.45) is 0 Å². The molecule has 4 nitrogen and oxygen atoms in total. The summed E-state index contributed by atoms with van der Waals surface area (Å²) in [5, 5.41) is 22.9. The van der Waals surface area contributed by atoms with Crippen LogP contribution in [0.15, 0.2) is 60.8 Å². The topological polar surface area (TPSA) is 69.6 Å². The summed E-state index contributed by atoms with van der Waals surface area (Å²) in [7, 11) is 0. The van der Waals surface area contributed by atoms with Gasteiger partial charge in [0.05, 0.1) is 18.8 Å². The Balaban J connectivity index is 3.69. The molecule has 4 heteroatoms. The molecule has 0 fully saturated rings. The average Bonchev–Trinajstić information content (AvgIpc) is 3.07. The van der Waals surface area contributed by atoms with Crippen LogP contribution in [0.3, 0.4) is 0 Å². The molecule has 0 saturated carbocycles. The van der Waals surface area contributed by atoms with Crippen molar-refractivity contribution in [3.8, 4) is 0 Å². The van der Waals surface area contributed by atoms with Crippen molar-refractivity contribution in [2.75, 3.05) is 6.61 Å². The maximum atomic E-state index is 12.3. The van der Waals surface area contributed by atoms with Gasteiger partial charge in [0.25, 0.3) is 0 Å². The normalized spacial score (nSPS) is 13.7. The number of allylic oxidation sites excluding steroid dienone is 9. The van der Waals surface area contributed by atoms with E-state index >= 15 is 0 Å². The Bertz CT molecular complexity index is 797. The zero-order chi connectivity index (χ0) is 34.3. The third kappa shape index (κ3) is 35.2. The second-order valence-electron chi connectivity index (χ2n) is 13.3. The molecule has 0 aliphatic rings. The van der Waals surface area contributed by atoms with E-state index in [2.05, 4.69) is 67.8 Å². The molecule has 0 rings (SSSR count). The molecule has 0 aromatic heterocycles. The predicted molar refractivity (Wildman–Crippen MR) is 207 cm³/mol. The van der Waals surface area contributed by atoms with E-state index in [-0.39, 0.29) is 12.5 Å². The molecule has 0 aliphatic carbocycles. The Labute approximate surface area is 292 Å². The van der Waals surface area contributed by atoms with Crippen LogP contribution in [0.25, 0.3) is 0 Å². The first-order chi connectivity index (χ1) is 23.2. The molecule has 3 N–H and O–H groups in total. The van der Waals surface area contributed by atoms with Gasteiger partial charge < -0.3 is 15.5 Å². The third-order valence-electron chi connectivity index (χ3n) is 8.70. The number of aliphatic hydroxyl groups excluding tert-OH is 2. The molecule has 47 heavy (non-hydrogen) atoms. The van der Waals surface area contributed by atoms with Crippen LogP contribution >= 0.6 is 0 Å². The van der Waals surface area contributed by atoms with E-state index in [1.54, 1.807) is 6.08 Å². The summed E-state index contributed by atoms with van der Waals surface area (Å²) >= 11 is 0. The SMILES string of the molecule is CCCCC/C=C\C/C=C\CCCCCCCCCCCC(=O)NC(CO)C(O)/C=C/CC/C=C/CC/C=C/CCCCCCCC. The molecular weight excluding hydrogens is 578 g/mol. The first-order valence-corrected chi connectivity index (χ1v) is 20.0. The quantitative estimate of drug-likeness (QED) is 0.0470. The highest BCUT2D eigenvalue weighted by Gasteiger charge is 2.17. The maximum Gasteiger partial charge on any atom is 0.220 e. The first kappa shape index (κ1) is 45.1. The monoisotopic (exact) mass is 656 g/mol. The molecular formula is C43H77NO3. The average molecular weight is 656 g/mol. The fourth-order valence-corrected chi connectivity index (χ4v) is 5.59. The van der Waals surface area contributed by atoms with Gasteiger partial charge >= 0.3 is 0 Å². The smallest absolute Gasteiger partial charge is 0.220 e. The van der Waals surface area contributed by atoms with E-state index in [0.29, 0.717) is 6.42 Å². The van der Waals surface area contributed by atoms with Gasteiger partial charge in [-0.25, -0.2) is 0 Å². The highest BCUT2D eigenvalue weighted by Crippen LogP contribution is 2.12. The number of amides is 1. The lowest BCUT2D eigenvalue weighted by molar-refractivity contribution is -0.123. The molecule has 2 atom stereocenters. The van der Waals surface area contributed by atoms with Crippen LogP contribution in [0.4, 0.5) is 0 Å². The number of carbonyl (C=O) groups is 1. The molecule has 0 heterocycles. The highest BCUT2D eigenvalue weighted by molar-refractivity contribution is 5.76. The van der Waals surface area contributed by atoms with E-state index in [9.17, 15) is 15.0 Å². The number of rotatable bonds is 35. The molecule has 0 radical (unpaired) electrons. The third-order valence-corrected chi connectivity index (χ3v) is 8.70. The van der Waals surface area contributed by atoms with Crippen molar-refractivity contribution in [1.82, 2.24) is 5.32 Å². The van der Waals surface area contributed by atoms with Crippen molar-refractivity contribution in [3.05, 3.63) is 60.8 Å². The largest absolute Gasteiger partial charge is 0.394 e. The fraction of sp³-hybridized carbons (Fsp3) is 0.744. The van der Waals surface area contributed by atoms with Gasteiger partial charge in [0.15, 0.2) is 0 Å². The predicted octanol–water partition coefficient (Wildman–Crippen LogP) is 12.2. The molecule has 0 spiro atoms. The minimum Gasteiger partial charge on any atom is -0.394 e. The van der Waals surface area contributed by atoms with E-state index in [1.807, 2.05) is 6.08 Å². The van der Waals surface area contributed by atoms with Crippen molar-refractivity contribution in [1.29, 1.82) is 0 Å². The van der Waals surface area contributed by atoms with E-state index in [0.717, 1.165) is 44.9 Å². The van der Waals surface area contributed by atoms with Gasteiger partial charge in [-0.15, -0.1) is 0 Å². The van der Waals surface area contributed by atoms with Gasteiger partial charge in [-0.2, -0.15) is 0 Å². The second kappa shape index (κ2) is 38.5. The Morgan fingerprint density at radius 3 is 1.40 bits per heavy atom. The Morgan fingerprint density at radius 1 is 0.511 bits per heavy atom. The van der Waals surface area contributed by atoms with Gasteiger partial charge in [0.2, 0.25) is 5.91 Å². The summed E-state index contributed by atoms with van der Waals surface area (Å²) in [6, 6.07) is -0.648. The molecule has 1 amide bonds. The lowest BCUT2D eigenvalue weighted by Gasteiger charge is -2.19. The van der Waals surface area contributed by atoms with Crippen molar-refractivity contribution in [2.45, 2.75) is 199 Å². The van der Waals surface area contributed by atoms with Crippen LogP contribution < -0.4 is 5.32 Å². The Hall–Kier alpha value is -1.91. The van der Waals surface area contributed by atoms with Gasteiger partial charge in [0.1, 0.15) is 0 Å². The number of unbranched alkanes of at least 4 members (excludes halogenated alkanes) is 20. The van der Waals surface area contributed by atoms with Crippen LogP contribution in [-0.4, -0.2) is 34.9 Å². The minimum atomic E-state index is -0.872. The zero-order valence-corrected chi connectivity index (χ0v) is 31.0. The van der Waals surface area contributed by atoms with E-state index < -0.39 is 12.1 Å². The standard InChI is InChI=1S/C43H77NO3/c1-3-5-7-9-11-13-15-17-19-21-22-23-25-27-29-31-33-35-37-39-43(47)44-41(40-45)42(46)38-36-34-32-30-28-26-24-20-18-16-14-12-10-8-6-4-2/h11,13,17-20,28,30,36,38,41-42,45-46H,3-10,12,14-16,21-27,29,31-35,37,39-40H2,1-2H3,(H,44,47)/b13-11-,19-17-,20-18+,30-28+,38-36+. The lowest BCUT2D eigenvalue weighted by atomic mass is 10.1. The van der Waals surface area contributed by atoms with Crippen molar-refractivity contribution < 1.29 is 15.0 Å². The molecule has 272 valence electrons. The molecule has 0 aliphatic heterocycles. The van der Waals surface area contributed by atoms with Crippen LogP contribution in [-0.2, 0) is 4.79 Å². The van der Waals surface area contributed by atoms with Crippen molar-refractivity contribution in [3.63, 3.8) is 0 Å². The van der Waals surface area contributed by atoms with Gasteiger partial charge in [-0.1, -0.05) is 164 Å². The highest BCUT2D eigenvalue weighted by atomic mass is 16.3. The van der Waals surface area contributed by atoms with Crippen LogP contribution in [0.5, 0.6) is 0 Å². The maximum absolute atomic E-state index is 12.3. The fourth-order valence-electron chi connectivity index (χ4n) is 5.59. The van der Waals surface area contributed by atoms with Crippen molar-refractivity contribution >= 4 is 5.91 Å². The molecule has 0 bridgehead atoms. The Kier molecular flexibility index (Phi) is 37.0. The number of hydrogen-bond acceptors (Lipinski definition) is 3. The summed E-state index contributed by atoms with van der Waals surface area (Å²) < 4.78 is 0. The van der Waals surface area contributed by atoms with Gasteiger partial charge in [0, 0.05) is 6.42 Å². The number of hydrogen-bond donors (Lipinski definition) is 3. The van der Waals surface area contributed by atoms with E-state index in [4.69, 9.17) is 0 Å². The summed E-state index contributed by atoms with van der Waals surface area (Å²) in [5.41, 5.74) is 0. The molecule has 2 unspecified atom stereocenters. The summed E-state index contributed by atoms with van der Waals surface area (Å²) in [6.07, 6.45) is 53.1. The van der Waals surface area contributed by atoms with Crippen LogP contribution in [0.1, 0.15) is 187 Å². The van der Waals surface area contributed by atoms with Gasteiger partial charge in [-0.3, -0.25) is 4.79 Å². The first-order valence-electron chi connectivity index (χ1n) is 20.0. The molecule has 0 saturated heterocycles. The second-order valence-corrected chi connectivity index (χ2v) is 13.3. The van der Waals surface area contributed by atoms with Gasteiger partial charge in [-0.05, 0) is 77.0 Å². The zero-order valence-electron chi connectivity index (χ0n) is 31.0. The molecule has 0 aromatic rings. The van der Waals surface area contributed by atoms with Crippen LogP contribution in [0, 0.1) is 0 Å². The Morgan fingerprint density at radius 2 is 0.894 bits per heavy atom. The molecule has 0 aromatic carbocycles. The number of nitrogens with one attached hydrogen (secondary N) is 1. The number of carbonyl (C=O) groups excluding carboxylic acids is 1. The van der Waals surface area contributed by atoms with Crippen LogP contribution in [0.2, 0.25) is 0 Å².